The maximum atomic E-state index is 12.7. The standard InChI is InChI=1S/C7H7ClFN/c1-2-7-6(9)3-5(8)4-10-7/h3-4H,2H2,1H3. The van der Waals surface area contributed by atoms with Crippen LogP contribution in [-0.2, 0) is 6.42 Å². The topological polar surface area (TPSA) is 12.9 Å². The van der Waals surface area contributed by atoms with E-state index >= 15 is 0 Å². The summed E-state index contributed by atoms with van der Waals surface area (Å²) in [6.07, 6.45) is 2.05. The van der Waals surface area contributed by atoms with Crippen LogP contribution in [-0.4, -0.2) is 4.98 Å². The summed E-state index contributed by atoms with van der Waals surface area (Å²) in [5.41, 5.74) is 0.462. The number of halogens is 2. The molecule has 0 aliphatic rings. The van der Waals surface area contributed by atoms with Crippen molar-refractivity contribution in [2.24, 2.45) is 0 Å². The van der Waals surface area contributed by atoms with Crippen LogP contribution in [0.25, 0.3) is 0 Å². The fraction of sp³-hybridized carbons (Fsp3) is 0.286. The van der Waals surface area contributed by atoms with E-state index in [1.54, 1.807) is 0 Å². The van der Waals surface area contributed by atoms with E-state index in [-0.39, 0.29) is 5.82 Å². The van der Waals surface area contributed by atoms with E-state index in [4.69, 9.17) is 11.6 Å². The van der Waals surface area contributed by atoms with Gasteiger partial charge in [0.2, 0.25) is 0 Å². The summed E-state index contributed by atoms with van der Waals surface area (Å²) < 4.78 is 12.7. The van der Waals surface area contributed by atoms with Gasteiger partial charge in [-0.1, -0.05) is 18.5 Å². The molecule has 0 atom stereocenters. The molecule has 54 valence electrons. The molecule has 1 nitrogen and oxygen atoms in total. The molecule has 0 N–H and O–H groups in total. The molecule has 0 radical (unpaired) electrons. The van der Waals surface area contributed by atoms with E-state index in [1.165, 1.54) is 12.3 Å². The van der Waals surface area contributed by atoms with Crippen LogP contribution in [0.15, 0.2) is 12.3 Å². The van der Waals surface area contributed by atoms with Crippen LogP contribution in [0.4, 0.5) is 4.39 Å². The Labute approximate surface area is 63.8 Å². The number of nitrogens with zero attached hydrogens (tertiary/aromatic N) is 1. The number of rotatable bonds is 1. The minimum absolute atomic E-state index is 0.324. The largest absolute Gasteiger partial charge is 0.257 e. The van der Waals surface area contributed by atoms with E-state index in [9.17, 15) is 4.39 Å². The number of pyridine rings is 1. The first-order chi connectivity index (χ1) is 4.74. The predicted octanol–water partition coefficient (Wildman–Crippen LogP) is 2.44. The second-order valence-corrected chi connectivity index (χ2v) is 2.37. The van der Waals surface area contributed by atoms with Gasteiger partial charge < -0.3 is 0 Å². The van der Waals surface area contributed by atoms with Crippen LogP contribution in [0, 0.1) is 5.82 Å². The van der Waals surface area contributed by atoms with Gasteiger partial charge in [0.1, 0.15) is 5.82 Å². The molecule has 0 spiro atoms. The van der Waals surface area contributed by atoms with Gasteiger partial charge in [-0.15, -0.1) is 0 Å². The predicted molar refractivity (Wildman–Crippen MR) is 38.6 cm³/mol. The Balaban J connectivity index is 3.07. The molecule has 0 saturated heterocycles. The molecule has 0 aliphatic carbocycles. The van der Waals surface area contributed by atoms with E-state index in [0.29, 0.717) is 17.1 Å². The maximum absolute atomic E-state index is 12.7. The van der Waals surface area contributed by atoms with E-state index in [0.717, 1.165) is 0 Å². The fourth-order valence-corrected chi connectivity index (χ4v) is 0.848. The average molecular weight is 160 g/mol. The van der Waals surface area contributed by atoms with Crippen molar-refractivity contribution in [3.63, 3.8) is 0 Å². The highest BCUT2D eigenvalue weighted by Gasteiger charge is 2.00. The summed E-state index contributed by atoms with van der Waals surface area (Å²) in [4.78, 5) is 3.79. The Bertz CT molecular complexity index is 237. The zero-order chi connectivity index (χ0) is 7.56. The number of aryl methyl sites for hydroxylation is 1. The van der Waals surface area contributed by atoms with Crippen LogP contribution in [0.1, 0.15) is 12.6 Å². The van der Waals surface area contributed by atoms with E-state index in [2.05, 4.69) is 4.98 Å². The van der Waals surface area contributed by atoms with Crippen molar-refractivity contribution in [1.29, 1.82) is 0 Å². The molecule has 0 saturated carbocycles. The monoisotopic (exact) mass is 159 g/mol. The first-order valence-electron chi connectivity index (χ1n) is 3.04. The average Bonchev–Trinajstić information content (AvgIpc) is 1.88. The molecule has 1 aromatic heterocycles. The molecule has 3 heteroatoms. The Hall–Kier alpha value is -0.630. The van der Waals surface area contributed by atoms with Crippen LogP contribution in [0.5, 0.6) is 0 Å². The smallest absolute Gasteiger partial charge is 0.146 e. The summed E-state index contributed by atoms with van der Waals surface area (Å²) in [5.74, 6) is -0.324. The van der Waals surface area contributed by atoms with Crippen molar-refractivity contribution >= 4 is 11.6 Å². The number of hydrogen-bond donors (Lipinski definition) is 0. The second-order valence-electron chi connectivity index (χ2n) is 1.94. The van der Waals surface area contributed by atoms with Gasteiger partial charge in [0, 0.05) is 6.20 Å². The first kappa shape index (κ1) is 7.48. The maximum Gasteiger partial charge on any atom is 0.146 e. The van der Waals surface area contributed by atoms with Gasteiger partial charge in [0.25, 0.3) is 0 Å². The molecular formula is C7H7ClFN. The Morgan fingerprint density at radius 3 is 2.90 bits per heavy atom. The summed E-state index contributed by atoms with van der Waals surface area (Å²) >= 11 is 5.47. The van der Waals surface area contributed by atoms with E-state index in [1.807, 2.05) is 6.92 Å². The first-order valence-corrected chi connectivity index (χ1v) is 3.41. The molecule has 1 rings (SSSR count). The van der Waals surface area contributed by atoms with Gasteiger partial charge in [0.05, 0.1) is 10.7 Å². The SMILES string of the molecule is CCc1ncc(Cl)cc1F. The lowest BCUT2D eigenvalue weighted by Gasteiger charge is -1.96. The lowest BCUT2D eigenvalue weighted by Crippen LogP contribution is -1.90. The summed E-state index contributed by atoms with van der Waals surface area (Å²) in [7, 11) is 0. The van der Waals surface area contributed by atoms with Gasteiger partial charge in [0.15, 0.2) is 0 Å². The summed E-state index contributed by atoms with van der Waals surface area (Å²) in [5, 5.41) is 0.342. The molecule has 0 aliphatic heterocycles. The molecule has 10 heavy (non-hydrogen) atoms. The van der Waals surface area contributed by atoms with Crippen molar-refractivity contribution in [3.05, 3.63) is 28.8 Å². The lowest BCUT2D eigenvalue weighted by atomic mass is 10.3. The number of hydrogen-bond acceptors (Lipinski definition) is 1. The van der Waals surface area contributed by atoms with Crippen molar-refractivity contribution in [2.75, 3.05) is 0 Å². The van der Waals surface area contributed by atoms with Crippen molar-refractivity contribution < 1.29 is 4.39 Å². The van der Waals surface area contributed by atoms with Crippen molar-refractivity contribution in [1.82, 2.24) is 4.98 Å². The molecule has 1 heterocycles. The molecule has 0 bridgehead atoms. The third-order valence-corrected chi connectivity index (χ3v) is 1.43. The zero-order valence-electron chi connectivity index (χ0n) is 5.56. The molecule has 1 aromatic rings. The minimum Gasteiger partial charge on any atom is -0.257 e. The van der Waals surface area contributed by atoms with Crippen LogP contribution in [0.3, 0.4) is 0 Å². The second kappa shape index (κ2) is 2.97. The summed E-state index contributed by atoms with van der Waals surface area (Å²) in [6, 6.07) is 1.27. The fourth-order valence-electron chi connectivity index (χ4n) is 0.703. The van der Waals surface area contributed by atoms with Gasteiger partial charge in [-0.25, -0.2) is 4.39 Å². The normalized spacial score (nSPS) is 9.90. The molecule has 0 fully saturated rings. The quantitative estimate of drug-likeness (QED) is 0.614. The van der Waals surface area contributed by atoms with Gasteiger partial charge in [-0.3, -0.25) is 4.98 Å². The highest BCUT2D eigenvalue weighted by atomic mass is 35.5. The minimum atomic E-state index is -0.324. The van der Waals surface area contributed by atoms with Crippen LogP contribution >= 0.6 is 11.6 Å². The molecule has 0 amide bonds. The van der Waals surface area contributed by atoms with Crippen LogP contribution in [0.2, 0.25) is 5.02 Å². The lowest BCUT2D eigenvalue weighted by molar-refractivity contribution is 0.602. The third kappa shape index (κ3) is 1.45. The molecule has 0 unspecified atom stereocenters. The zero-order valence-corrected chi connectivity index (χ0v) is 6.32. The third-order valence-electron chi connectivity index (χ3n) is 1.22. The van der Waals surface area contributed by atoms with Crippen LogP contribution < -0.4 is 0 Å². The van der Waals surface area contributed by atoms with Gasteiger partial charge in [-0.05, 0) is 12.5 Å². The summed E-state index contributed by atoms with van der Waals surface area (Å²) in [6.45, 7) is 1.85. The van der Waals surface area contributed by atoms with Gasteiger partial charge in [-0.2, -0.15) is 0 Å². The Morgan fingerprint density at radius 2 is 2.40 bits per heavy atom. The Kier molecular flexibility index (Phi) is 2.22. The number of aromatic nitrogens is 1. The highest BCUT2D eigenvalue weighted by molar-refractivity contribution is 6.30. The van der Waals surface area contributed by atoms with Gasteiger partial charge >= 0.3 is 0 Å². The van der Waals surface area contributed by atoms with E-state index < -0.39 is 0 Å². The van der Waals surface area contributed by atoms with Crippen molar-refractivity contribution in [2.45, 2.75) is 13.3 Å². The highest BCUT2D eigenvalue weighted by Crippen LogP contribution is 2.11. The van der Waals surface area contributed by atoms with Crippen molar-refractivity contribution in [3.8, 4) is 0 Å². The molecule has 0 aromatic carbocycles. The molecular weight excluding hydrogens is 153 g/mol. The Morgan fingerprint density at radius 1 is 1.70 bits per heavy atom.